The highest BCUT2D eigenvalue weighted by molar-refractivity contribution is 5.63. The Morgan fingerprint density at radius 3 is 2.06 bits per heavy atom. The summed E-state index contributed by atoms with van der Waals surface area (Å²) in [6.45, 7) is 5.40. The molecule has 0 atom stereocenters. The maximum atomic E-state index is 3.44. The zero-order valence-electron chi connectivity index (χ0n) is 11.2. The molecule has 0 saturated heterocycles. The lowest BCUT2D eigenvalue weighted by Crippen LogP contribution is -2.24. The minimum absolute atomic E-state index is 0.564. The van der Waals surface area contributed by atoms with Gasteiger partial charge in [0.15, 0.2) is 0 Å². The summed E-state index contributed by atoms with van der Waals surface area (Å²) in [6, 6.07) is 19.9. The van der Waals surface area contributed by atoms with E-state index in [1.165, 1.54) is 16.7 Å². The first-order chi connectivity index (χ1) is 8.75. The van der Waals surface area contributed by atoms with Gasteiger partial charge in [-0.3, -0.25) is 0 Å². The Kier molecular flexibility index (Phi) is 4.54. The van der Waals surface area contributed by atoms with Crippen molar-refractivity contribution in [1.82, 2.24) is 5.32 Å². The SMILES string of the molecule is CC(C)NCCc1ccc(-c2ccccc2)cc1. The summed E-state index contributed by atoms with van der Waals surface area (Å²) in [7, 11) is 0. The Balaban J connectivity index is 1.98. The van der Waals surface area contributed by atoms with Crippen molar-refractivity contribution < 1.29 is 0 Å². The van der Waals surface area contributed by atoms with Gasteiger partial charge in [0.25, 0.3) is 0 Å². The van der Waals surface area contributed by atoms with Gasteiger partial charge in [0.1, 0.15) is 0 Å². The first-order valence-electron chi connectivity index (χ1n) is 6.63. The fourth-order valence-corrected chi connectivity index (χ4v) is 2.00. The Bertz CT molecular complexity index is 457. The number of hydrogen-bond acceptors (Lipinski definition) is 1. The molecule has 0 spiro atoms. The molecule has 1 nitrogen and oxygen atoms in total. The molecular weight excluding hydrogens is 218 g/mol. The van der Waals surface area contributed by atoms with Gasteiger partial charge in [0, 0.05) is 6.04 Å². The molecule has 0 heterocycles. The van der Waals surface area contributed by atoms with E-state index in [0.29, 0.717) is 6.04 Å². The lowest BCUT2D eigenvalue weighted by atomic mass is 10.0. The molecule has 1 N–H and O–H groups in total. The average Bonchev–Trinajstić information content (AvgIpc) is 2.40. The number of nitrogens with one attached hydrogen (secondary N) is 1. The minimum Gasteiger partial charge on any atom is -0.314 e. The molecule has 0 aliphatic heterocycles. The first kappa shape index (κ1) is 12.8. The third-order valence-corrected chi connectivity index (χ3v) is 3.03. The molecule has 0 saturated carbocycles. The van der Waals surface area contributed by atoms with Crippen molar-refractivity contribution in [2.45, 2.75) is 26.3 Å². The fraction of sp³-hybridized carbons (Fsp3) is 0.294. The van der Waals surface area contributed by atoms with E-state index in [2.05, 4.69) is 73.8 Å². The van der Waals surface area contributed by atoms with Gasteiger partial charge in [-0.25, -0.2) is 0 Å². The van der Waals surface area contributed by atoms with Crippen molar-refractivity contribution >= 4 is 0 Å². The van der Waals surface area contributed by atoms with Crippen LogP contribution in [0.5, 0.6) is 0 Å². The number of benzene rings is 2. The van der Waals surface area contributed by atoms with Crippen molar-refractivity contribution in [2.75, 3.05) is 6.54 Å². The van der Waals surface area contributed by atoms with Crippen LogP contribution in [0.1, 0.15) is 19.4 Å². The van der Waals surface area contributed by atoms with Gasteiger partial charge in [-0.15, -0.1) is 0 Å². The summed E-state index contributed by atoms with van der Waals surface area (Å²) >= 11 is 0. The summed E-state index contributed by atoms with van der Waals surface area (Å²) in [4.78, 5) is 0. The van der Waals surface area contributed by atoms with Gasteiger partial charge in [0.2, 0.25) is 0 Å². The van der Waals surface area contributed by atoms with Crippen LogP contribution in [0.4, 0.5) is 0 Å². The lowest BCUT2D eigenvalue weighted by Gasteiger charge is -2.08. The van der Waals surface area contributed by atoms with Gasteiger partial charge in [0.05, 0.1) is 0 Å². The fourth-order valence-electron chi connectivity index (χ4n) is 2.00. The average molecular weight is 239 g/mol. The van der Waals surface area contributed by atoms with Crippen LogP contribution >= 0.6 is 0 Å². The minimum atomic E-state index is 0.564. The molecule has 2 rings (SSSR count). The van der Waals surface area contributed by atoms with Gasteiger partial charge in [-0.1, -0.05) is 68.4 Å². The van der Waals surface area contributed by atoms with Crippen LogP contribution in [0.3, 0.4) is 0 Å². The van der Waals surface area contributed by atoms with Gasteiger partial charge in [-0.2, -0.15) is 0 Å². The molecule has 0 fully saturated rings. The normalized spacial score (nSPS) is 10.8. The standard InChI is InChI=1S/C17H21N/c1-14(2)18-13-12-15-8-10-17(11-9-15)16-6-4-3-5-7-16/h3-11,14,18H,12-13H2,1-2H3. The first-order valence-corrected chi connectivity index (χ1v) is 6.63. The van der Waals surface area contributed by atoms with Crippen LogP contribution in [0, 0.1) is 0 Å². The van der Waals surface area contributed by atoms with Crippen molar-refractivity contribution in [2.24, 2.45) is 0 Å². The second kappa shape index (κ2) is 6.36. The van der Waals surface area contributed by atoms with Gasteiger partial charge >= 0.3 is 0 Å². The molecular formula is C17H21N. The van der Waals surface area contributed by atoms with Crippen molar-refractivity contribution in [3.05, 3.63) is 60.2 Å². The topological polar surface area (TPSA) is 12.0 Å². The predicted octanol–water partition coefficient (Wildman–Crippen LogP) is 3.89. The summed E-state index contributed by atoms with van der Waals surface area (Å²) in [5, 5.41) is 3.44. The third kappa shape index (κ3) is 3.71. The van der Waals surface area contributed by atoms with E-state index in [0.717, 1.165) is 13.0 Å². The zero-order valence-corrected chi connectivity index (χ0v) is 11.2. The van der Waals surface area contributed by atoms with E-state index in [1.54, 1.807) is 0 Å². The molecule has 18 heavy (non-hydrogen) atoms. The molecule has 94 valence electrons. The number of hydrogen-bond donors (Lipinski definition) is 1. The van der Waals surface area contributed by atoms with Crippen molar-refractivity contribution in [1.29, 1.82) is 0 Å². The summed E-state index contributed by atoms with van der Waals surface area (Å²) < 4.78 is 0. The highest BCUT2D eigenvalue weighted by Gasteiger charge is 1.98. The van der Waals surface area contributed by atoms with Crippen molar-refractivity contribution in [3.63, 3.8) is 0 Å². The van der Waals surface area contributed by atoms with Crippen LogP contribution in [0.25, 0.3) is 11.1 Å². The van der Waals surface area contributed by atoms with Gasteiger partial charge in [-0.05, 0) is 29.7 Å². The quantitative estimate of drug-likeness (QED) is 0.834. The third-order valence-electron chi connectivity index (χ3n) is 3.03. The largest absolute Gasteiger partial charge is 0.314 e. The highest BCUT2D eigenvalue weighted by Crippen LogP contribution is 2.19. The smallest absolute Gasteiger partial charge is 0.00105 e. The molecule has 0 amide bonds. The van der Waals surface area contributed by atoms with E-state index in [-0.39, 0.29) is 0 Å². The van der Waals surface area contributed by atoms with E-state index >= 15 is 0 Å². The van der Waals surface area contributed by atoms with Crippen LogP contribution in [-0.4, -0.2) is 12.6 Å². The summed E-state index contributed by atoms with van der Waals surface area (Å²) in [5.41, 5.74) is 3.96. The van der Waals surface area contributed by atoms with E-state index in [1.807, 2.05) is 0 Å². The Morgan fingerprint density at radius 2 is 1.44 bits per heavy atom. The maximum absolute atomic E-state index is 3.44. The van der Waals surface area contributed by atoms with E-state index in [4.69, 9.17) is 0 Å². The monoisotopic (exact) mass is 239 g/mol. The second-order valence-electron chi connectivity index (χ2n) is 4.92. The zero-order chi connectivity index (χ0) is 12.8. The number of rotatable bonds is 5. The van der Waals surface area contributed by atoms with Crippen LogP contribution in [0.15, 0.2) is 54.6 Å². The molecule has 2 aromatic rings. The van der Waals surface area contributed by atoms with Crippen LogP contribution in [-0.2, 0) is 6.42 Å². The molecule has 1 heteroatoms. The Morgan fingerprint density at radius 1 is 0.833 bits per heavy atom. The lowest BCUT2D eigenvalue weighted by molar-refractivity contribution is 0.590. The van der Waals surface area contributed by atoms with Crippen LogP contribution < -0.4 is 5.32 Å². The summed E-state index contributed by atoms with van der Waals surface area (Å²) in [5.74, 6) is 0. The second-order valence-corrected chi connectivity index (χ2v) is 4.92. The molecule has 0 unspecified atom stereocenters. The molecule has 0 aliphatic rings. The molecule has 0 aliphatic carbocycles. The molecule has 0 bridgehead atoms. The molecule has 2 aromatic carbocycles. The Labute approximate surface area is 110 Å². The summed E-state index contributed by atoms with van der Waals surface area (Å²) in [6.07, 6.45) is 1.09. The van der Waals surface area contributed by atoms with E-state index in [9.17, 15) is 0 Å². The van der Waals surface area contributed by atoms with Crippen molar-refractivity contribution in [3.8, 4) is 11.1 Å². The predicted molar refractivity (Wildman–Crippen MR) is 78.7 cm³/mol. The van der Waals surface area contributed by atoms with Gasteiger partial charge < -0.3 is 5.32 Å². The highest BCUT2D eigenvalue weighted by atomic mass is 14.9. The molecule has 0 radical (unpaired) electrons. The maximum Gasteiger partial charge on any atom is 0.00105 e. The van der Waals surface area contributed by atoms with Crippen LogP contribution in [0.2, 0.25) is 0 Å². The molecule has 0 aromatic heterocycles. The van der Waals surface area contributed by atoms with E-state index < -0.39 is 0 Å². The Hall–Kier alpha value is -1.60.